The molecule has 0 bridgehead atoms. The number of hydrogen-bond donors (Lipinski definition) is 1. The third kappa shape index (κ3) is 4.60. The third-order valence-electron chi connectivity index (χ3n) is 4.21. The summed E-state index contributed by atoms with van der Waals surface area (Å²) >= 11 is 0.876. The highest BCUT2D eigenvalue weighted by Crippen LogP contribution is 2.38. The predicted octanol–water partition coefficient (Wildman–Crippen LogP) is 4.10. The van der Waals surface area contributed by atoms with Crippen LogP contribution in [0.1, 0.15) is 17.5 Å². The maximum absolute atomic E-state index is 12.8. The largest absolute Gasteiger partial charge is 0.493 e. The first kappa shape index (κ1) is 20.5. The van der Waals surface area contributed by atoms with Gasteiger partial charge in [0.05, 0.1) is 30.7 Å². The molecule has 1 aliphatic rings. The van der Waals surface area contributed by atoms with Crippen LogP contribution in [0, 0.1) is 6.92 Å². The van der Waals surface area contributed by atoms with E-state index in [0.29, 0.717) is 27.7 Å². The molecular weight excluding hydrogens is 394 g/mol. The number of nitrogens with zero attached hydrogens (tertiary/aromatic N) is 1. The van der Waals surface area contributed by atoms with Crippen LogP contribution in [-0.4, -0.2) is 35.9 Å². The zero-order valence-corrected chi connectivity index (χ0v) is 16.7. The summed E-state index contributed by atoms with van der Waals surface area (Å²) in [6.45, 7) is 1.86. The van der Waals surface area contributed by atoms with E-state index in [2.05, 4.69) is 0 Å². The third-order valence-corrected chi connectivity index (χ3v) is 5.08. The Morgan fingerprint density at radius 2 is 1.93 bits per heavy atom. The average molecular weight is 413 g/mol. The number of aryl methyl sites for hydroxylation is 1. The van der Waals surface area contributed by atoms with E-state index in [1.54, 1.807) is 36.4 Å². The lowest BCUT2D eigenvalue weighted by molar-refractivity contribution is -0.137. The molecule has 2 aromatic carbocycles. The Bertz CT molecular complexity index is 1000. The number of ether oxygens (including phenoxy) is 2. The zero-order chi connectivity index (χ0) is 21.0. The number of hydrogen-bond acceptors (Lipinski definition) is 6. The minimum Gasteiger partial charge on any atom is -0.493 e. The summed E-state index contributed by atoms with van der Waals surface area (Å²) in [6.07, 6.45) is 1.49. The van der Waals surface area contributed by atoms with Gasteiger partial charge in [-0.3, -0.25) is 14.4 Å². The van der Waals surface area contributed by atoms with Crippen LogP contribution in [0.4, 0.5) is 10.5 Å². The lowest BCUT2D eigenvalue weighted by Crippen LogP contribution is -2.28. The standard InChI is InChI=1S/C21H19NO6S/c1-13-5-3-4-6-15(13)22-20(25)18(29-21(22)26)12-14-7-8-16(17(11-14)27-2)28-10-9-19(23)24/h3-8,11-12H,9-10H2,1-2H3,(H,23,24)/b18-12+. The van der Waals surface area contributed by atoms with Crippen LogP contribution in [0.2, 0.25) is 0 Å². The lowest BCUT2D eigenvalue weighted by atomic mass is 10.1. The van der Waals surface area contributed by atoms with Gasteiger partial charge in [0, 0.05) is 0 Å². The van der Waals surface area contributed by atoms with Crippen molar-refractivity contribution in [1.29, 1.82) is 0 Å². The molecule has 29 heavy (non-hydrogen) atoms. The molecule has 2 aromatic rings. The molecule has 0 saturated carbocycles. The highest BCUT2D eigenvalue weighted by atomic mass is 32.2. The number of methoxy groups -OCH3 is 1. The smallest absolute Gasteiger partial charge is 0.306 e. The van der Waals surface area contributed by atoms with E-state index in [9.17, 15) is 14.4 Å². The summed E-state index contributed by atoms with van der Waals surface area (Å²) in [6, 6.07) is 12.2. The van der Waals surface area contributed by atoms with Crippen molar-refractivity contribution in [3.8, 4) is 11.5 Å². The molecule has 1 N–H and O–H groups in total. The van der Waals surface area contributed by atoms with Crippen LogP contribution >= 0.6 is 11.8 Å². The minimum atomic E-state index is -0.954. The predicted molar refractivity (Wildman–Crippen MR) is 110 cm³/mol. The van der Waals surface area contributed by atoms with E-state index >= 15 is 0 Å². The van der Waals surface area contributed by atoms with Gasteiger partial charge in [0.1, 0.15) is 0 Å². The maximum Gasteiger partial charge on any atom is 0.306 e. The molecule has 1 saturated heterocycles. The van der Waals surface area contributed by atoms with E-state index in [1.165, 1.54) is 12.0 Å². The molecule has 1 aliphatic heterocycles. The van der Waals surface area contributed by atoms with Crippen molar-refractivity contribution in [3.05, 3.63) is 58.5 Å². The number of thioether (sulfide) groups is 1. The molecule has 7 nitrogen and oxygen atoms in total. The molecule has 150 valence electrons. The van der Waals surface area contributed by atoms with Gasteiger partial charge >= 0.3 is 5.97 Å². The van der Waals surface area contributed by atoms with Gasteiger partial charge in [0.25, 0.3) is 11.1 Å². The van der Waals surface area contributed by atoms with Crippen LogP contribution in [0.15, 0.2) is 47.4 Å². The second kappa shape index (κ2) is 8.83. The molecular formula is C21H19NO6S. The van der Waals surface area contributed by atoms with Crippen molar-refractivity contribution in [2.24, 2.45) is 0 Å². The maximum atomic E-state index is 12.8. The quantitative estimate of drug-likeness (QED) is 0.683. The van der Waals surface area contributed by atoms with Crippen LogP contribution in [0.25, 0.3) is 6.08 Å². The molecule has 3 rings (SSSR count). The Morgan fingerprint density at radius 1 is 1.17 bits per heavy atom. The molecule has 0 unspecified atom stereocenters. The Balaban J connectivity index is 1.83. The van der Waals surface area contributed by atoms with Gasteiger partial charge < -0.3 is 14.6 Å². The van der Waals surface area contributed by atoms with E-state index in [-0.39, 0.29) is 24.2 Å². The second-order valence-electron chi connectivity index (χ2n) is 6.21. The number of rotatable bonds is 7. The molecule has 0 aliphatic carbocycles. The number of benzene rings is 2. The normalized spacial score (nSPS) is 15.1. The summed E-state index contributed by atoms with van der Waals surface area (Å²) in [5.74, 6) is -0.527. The molecule has 1 heterocycles. The van der Waals surface area contributed by atoms with Crippen molar-refractivity contribution in [1.82, 2.24) is 0 Å². The number of anilines is 1. The van der Waals surface area contributed by atoms with E-state index in [4.69, 9.17) is 14.6 Å². The average Bonchev–Trinajstić information content (AvgIpc) is 2.96. The van der Waals surface area contributed by atoms with E-state index in [0.717, 1.165) is 17.3 Å². The number of carbonyl (C=O) groups is 3. The molecule has 0 atom stereocenters. The van der Waals surface area contributed by atoms with Crippen LogP contribution < -0.4 is 14.4 Å². The minimum absolute atomic E-state index is 0.0142. The summed E-state index contributed by atoms with van der Waals surface area (Å²) in [5, 5.41) is 8.35. The summed E-state index contributed by atoms with van der Waals surface area (Å²) in [7, 11) is 1.47. The topological polar surface area (TPSA) is 93.1 Å². The molecule has 0 radical (unpaired) electrons. The van der Waals surface area contributed by atoms with Gasteiger partial charge in [0.2, 0.25) is 0 Å². The number of carbonyl (C=O) groups excluding carboxylic acids is 2. The Labute approximate surface area is 171 Å². The highest BCUT2D eigenvalue weighted by molar-refractivity contribution is 8.19. The highest BCUT2D eigenvalue weighted by Gasteiger charge is 2.36. The van der Waals surface area contributed by atoms with E-state index < -0.39 is 5.97 Å². The fourth-order valence-electron chi connectivity index (χ4n) is 2.78. The summed E-state index contributed by atoms with van der Waals surface area (Å²) < 4.78 is 10.7. The number of imide groups is 1. The van der Waals surface area contributed by atoms with Crippen LogP contribution in [0.3, 0.4) is 0 Å². The Hall–Kier alpha value is -3.26. The Morgan fingerprint density at radius 3 is 2.62 bits per heavy atom. The molecule has 0 spiro atoms. The molecule has 1 fully saturated rings. The van der Waals surface area contributed by atoms with Crippen molar-refractivity contribution in [2.45, 2.75) is 13.3 Å². The molecule has 0 aromatic heterocycles. The SMILES string of the molecule is COc1cc(/C=C2/SC(=O)N(c3ccccc3C)C2=O)ccc1OCCC(=O)O. The first-order chi connectivity index (χ1) is 13.9. The first-order valence-electron chi connectivity index (χ1n) is 8.77. The van der Waals surface area contributed by atoms with Crippen molar-refractivity contribution >= 4 is 40.6 Å². The van der Waals surface area contributed by atoms with Crippen LogP contribution in [0.5, 0.6) is 11.5 Å². The molecule has 8 heteroatoms. The van der Waals surface area contributed by atoms with Crippen molar-refractivity contribution in [2.75, 3.05) is 18.6 Å². The number of carboxylic acid groups (broad SMARTS) is 1. The fraction of sp³-hybridized carbons (Fsp3) is 0.190. The number of aliphatic carboxylic acids is 1. The van der Waals surface area contributed by atoms with Gasteiger partial charge in [-0.25, -0.2) is 4.90 Å². The Kier molecular flexibility index (Phi) is 6.23. The number of para-hydroxylation sites is 1. The van der Waals surface area contributed by atoms with Gasteiger partial charge in [-0.15, -0.1) is 0 Å². The number of amides is 2. The summed E-state index contributed by atoms with van der Waals surface area (Å²) in [4.78, 5) is 37.3. The van der Waals surface area contributed by atoms with Gasteiger partial charge in [-0.1, -0.05) is 24.3 Å². The monoisotopic (exact) mass is 413 g/mol. The first-order valence-corrected chi connectivity index (χ1v) is 9.58. The van der Waals surface area contributed by atoms with Crippen LogP contribution in [-0.2, 0) is 9.59 Å². The van der Waals surface area contributed by atoms with Crippen molar-refractivity contribution < 1.29 is 29.0 Å². The van der Waals surface area contributed by atoms with Crippen molar-refractivity contribution in [3.63, 3.8) is 0 Å². The van der Waals surface area contributed by atoms with Gasteiger partial charge in [-0.05, 0) is 54.1 Å². The second-order valence-corrected chi connectivity index (χ2v) is 7.20. The zero-order valence-electron chi connectivity index (χ0n) is 15.9. The fourth-order valence-corrected chi connectivity index (χ4v) is 3.62. The molecule has 2 amide bonds. The summed E-state index contributed by atoms with van der Waals surface area (Å²) in [5.41, 5.74) is 2.06. The lowest BCUT2D eigenvalue weighted by Gasteiger charge is -2.14. The van der Waals surface area contributed by atoms with Gasteiger partial charge in [-0.2, -0.15) is 0 Å². The van der Waals surface area contributed by atoms with E-state index in [1.807, 2.05) is 19.1 Å². The number of carboxylic acids is 1. The van der Waals surface area contributed by atoms with Gasteiger partial charge in [0.15, 0.2) is 11.5 Å².